The molecule has 0 radical (unpaired) electrons. The van der Waals surface area contributed by atoms with Crippen LogP contribution in [0.1, 0.15) is 72.0 Å². The molecule has 0 bridgehead atoms. The Morgan fingerprint density at radius 3 is 2.34 bits per heavy atom. The quantitative estimate of drug-likeness (QED) is 0.219. The van der Waals surface area contributed by atoms with Crippen LogP contribution in [0.25, 0.3) is 0 Å². The zero-order valence-corrected chi connectivity index (χ0v) is 20.7. The van der Waals surface area contributed by atoms with Crippen LogP contribution in [-0.2, 0) is 9.53 Å². The molecule has 29 heavy (non-hydrogen) atoms. The fourth-order valence-electron chi connectivity index (χ4n) is 2.96. The molecule has 0 N–H and O–H groups in total. The SMILES string of the molecule is CC(=O)OC(/C=C/C(C)CC/C=C(\C)CCC=C(C)C)c1coc([Si](C)(C)C)c1. The third-order valence-corrected chi connectivity index (χ3v) is 6.54. The van der Waals surface area contributed by atoms with Crippen LogP contribution in [0.5, 0.6) is 0 Å². The minimum absolute atomic E-state index is 0.280. The predicted octanol–water partition coefficient (Wildman–Crippen LogP) is 7.09. The smallest absolute Gasteiger partial charge is 0.303 e. The average Bonchev–Trinajstić information content (AvgIpc) is 3.08. The van der Waals surface area contributed by atoms with Gasteiger partial charge in [0.25, 0.3) is 0 Å². The van der Waals surface area contributed by atoms with E-state index in [9.17, 15) is 4.79 Å². The topological polar surface area (TPSA) is 39.4 Å². The van der Waals surface area contributed by atoms with Gasteiger partial charge in [0.1, 0.15) is 14.2 Å². The first kappa shape index (κ1) is 25.2. The van der Waals surface area contributed by atoms with Gasteiger partial charge < -0.3 is 9.15 Å². The summed E-state index contributed by atoms with van der Waals surface area (Å²) >= 11 is 0. The molecular formula is C25H40O3Si. The lowest BCUT2D eigenvalue weighted by Crippen LogP contribution is -2.36. The van der Waals surface area contributed by atoms with E-state index in [0.29, 0.717) is 5.92 Å². The molecule has 3 nitrogen and oxygen atoms in total. The van der Waals surface area contributed by atoms with Crippen molar-refractivity contribution in [3.05, 3.63) is 53.3 Å². The van der Waals surface area contributed by atoms with E-state index in [0.717, 1.165) is 36.6 Å². The van der Waals surface area contributed by atoms with Crippen LogP contribution in [0.4, 0.5) is 0 Å². The number of carbonyl (C=O) groups excluding carboxylic acids is 1. The van der Waals surface area contributed by atoms with Crippen molar-refractivity contribution in [1.82, 2.24) is 0 Å². The summed E-state index contributed by atoms with van der Waals surface area (Å²) in [5.74, 6) is 0.135. The fraction of sp³-hybridized carbons (Fsp3) is 0.560. The first-order chi connectivity index (χ1) is 13.5. The molecule has 4 heteroatoms. The first-order valence-corrected chi connectivity index (χ1v) is 14.2. The van der Waals surface area contributed by atoms with E-state index in [2.05, 4.69) is 65.6 Å². The molecule has 0 aliphatic heterocycles. The van der Waals surface area contributed by atoms with Gasteiger partial charge in [-0.25, -0.2) is 0 Å². The maximum Gasteiger partial charge on any atom is 0.303 e. The number of allylic oxidation sites excluding steroid dienone is 5. The lowest BCUT2D eigenvalue weighted by atomic mass is 10.0. The van der Waals surface area contributed by atoms with Gasteiger partial charge in [-0.1, -0.05) is 55.9 Å². The van der Waals surface area contributed by atoms with Gasteiger partial charge in [0, 0.05) is 12.5 Å². The second-order valence-corrected chi connectivity index (χ2v) is 14.3. The van der Waals surface area contributed by atoms with Crippen LogP contribution >= 0.6 is 0 Å². The number of furan rings is 1. The normalized spacial score (nSPS) is 14.7. The summed E-state index contributed by atoms with van der Waals surface area (Å²) in [6.07, 6.45) is 14.5. The Balaban J connectivity index is 2.66. The molecule has 162 valence electrons. The number of ether oxygens (including phenoxy) is 1. The van der Waals surface area contributed by atoms with E-state index in [1.165, 1.54) is 18.1 Å². The molecule has 1 rings (SSSR count). The maximum absolute atomic E-state index is 11.6. The Bertz CT molecular complexity index is 727. The summed E-state index contributed by atoms with van der Waals surface area (Å²) in [7, 11) is -1.53. The molecule has 1 aromatic rings. The molecule has 2 atom stereocenters. The second-order valence-electron chi connectivity index (χ2n) is 9.33. The minimum atomic E-state index is -1.53. The van der Waals surface area contributed by atoms with Gasteiger partial charge in [-0.05, 0) is 64.5 Å². The zero-order valence-electron chi connectivity index (χ0n) is 19.7. The molecule has 0 saturated carbocycles. The molecule has 1 aromatic heterocycles. The summed E-state index contributed by atoms with van der Waals surface area (Å²) in [5.41, 5.74) is 3.75. The second kappa shape index (κ2) is 12.0. The van der Waals surface area contributed by atoms with E-state index < -0.39 is 8.07 Å². The molecule has 0 aliphatic carbocycles. The summed E-state index contributed by atoms with van der Waals surface area (Å²) in [6, 6.07) is 2.05. The van der Waals surface area contributed by atoms with Crippen molar-refractivity contribution in [3.8, 4) is 0 Å². The molecule has 2 unspecified atom stereocenters. The number of rotatable bonds is 11. The van der Waals surface area contributed by atoms with Gasteiger partial charge in [-0.3, -0.25) is 4.79 Å². The summed E-state index contributed by atoms with van der Waals surface area (Å²) < 4.78 is 11.3. The number of carbonyl (C=O) groups is 1. The fourth-order valence-corrected chi connectivity index (χ4v) is 3.97. The number of hydrogen-bond donors (Lipinski definition) is 0. The Morgan fingerprint density at radius 1 is 1.10 bits per heavy atom. The van der Waals surface area contributed by atoms with Crippen LogP contribution in [0, 0.1) is 5.92 Å². The van der Waals surface area contributed by atoms with Crippen LogP contribution < -0.4 is 5.38 Å². The Kier molecular flexibility index (Phi) is 10.4. The standard InChI is InChI=1S/C25H40O3Si/c1-19(2)11-9-12-20(3)13-10-14-21(4)15-16-24(28-22(5)26)23-17-25(27-18-23)29(6,7)8/h11,13,15-18,21,24H,9-10,12,14H2,1-8H3/b16-15+,20-13+. The largest absolute Gasteiger partial charge is 0.474 e. The first-order valence-electron chi connectivity index (χ1n) is 10.7. The molecule has 0 amide bonds. The van der Waals surface area contributed by atoms with Crippen molar-refractivity contribution in [2.24, 2.45) is 5.92 Å². The molecule has 1 heterocycles. The van der Waals surface area contributed by atoms with Crippen LogP contribution in [0.2, 0.25) is 19.6 Å². The van der Waals surface area contributed by atoms with Gasteiger partial charge in [0.2, 0.25) is 0 Å². The molecular weight excluding hydrogens is 376 g/mol. The van der Waals surface area contributed by atoms with Crippen LogP contribution in [0.15, 0.2) is 52.2 Å². The van der Waals surface area contributed by atoms with E-state index in [1.54, 1.807) is 6.26 Å². The van der Waals surface area contributed by atoms with Gasteiger partial charge in [0.15, 0.2) is 0 Å². The Hall–Kier alpha value is -1.81. The van der Waals surface area contributed by atoms with E-state index in [4.69, 9.17) is 9.15 Å². The summed E-state index contributed by atoms with van der Waals surface area (Å²) in [6.45, 7) is 16.9. The van der Waals surface area contributed by atoms with Gasteiger partial charge in [0.05, 0.1) is 11.6 Å². The highest BCUT2D eigenvalue weighted by atomic mass is 28.3. The molecule has 0 spiro atoms. The van der Waals surface area contributed by atoms with Crippen LogP contribution in [-0.4, -0.2) is 14.0 Å². The zero-order chi connectivity index (χ0) is 22.0. The molecule has 0 aromatic carbocycles. The van der Waals surface area contributed by atoms with Crippen molar-refractivity contribution < 1.29 is 13.9 Å². The maximum atomic E-state index is 11.6. The van der Waals surface area contributed by atoms with Gasteiger partial charge in [-0.15, -0.1) is 0 Å². The summed E-state index contributed by atoms with van der Waals surface area (Å²) in [5, 5.41) is 1.03. The minimum Gasteiger partial charge on any atom is -0.474 e. The highest BCUT2D eigenvalue weighted by Gasteiger charge is 2.23. The third kappa shape index (κ3) is 10.5. The van der Waals surface area contributed by atoms with E-state index in [-0.39, 0.29) is 12.1 Å². The van der Waals surface area contributed by atoms with Crippen molar-refractivity contribution in [2.75, 3.05) is 0 Å². The molecule has 0 fully saturated rings. The highest BCUT2D eigenvalue weighted by molar-refractivity contribution is 6.87. The average molecular weight is 417 g/mol. The lowest BCUT2D eigenvalue weighted by molar-refractivity contribution is -0.144. The van der Waals surface area contributed by atoms with Gasteiger partial charge in [-0.2, -0.15) is 0 Å². The Labute approximate surface area is 178 Å². The highest BCUT2D eigenvalue weighted by Crippen LogP contribution is 2.22. The van der Waals surface area contributed by atoms with Crippen molar-refractivity contribution >= 4 is 19.4 Å². The van der Waals surface area contributed by atoms with Crippen molar-refractivity contribution in [2.45, 2.75) is 86.0 Å². The summed E-state index contributed by atoms with van der Waals surface area (Å²) in [4.78, 5) is 11.6. The number of esters is 1. The lowest BCUT2D eigenvalue weighted by Gasteiger charge is -2.13. The molecule has 0 saturated heterocycles. The van der Waals surface area contributed by atoms with E-state index in [1.807, 2.05) is 12.1 Å². The number of hydrogen-bond acceptors (Lipinski definition) is 3. The monoisotopic (exact) mass is 416 g/mol. The van der Waals surface area contributed by atoms with Crippen LogP contribution in [0.3, 0.4) is 0 Å². The van der Waals surface area contributed by atoms with E-state index >= 15 is 0 Å². The Morgan fingerprint density at radius 2 is 1.79 bits per heavy atom. The van der Waals surface area contributed by atoms with Gasteiger partial charge >= 0.3 is 5.97 Å². The van der Waals surface area contributed by atoms with Crippen molar-refractivity contribution in [1.29, 1.82) is 0 Å². The molecule has 0 aliphatic rings. The van der Waals surface area contributed by atoms with Crippen molar-refractivity contribution in [3.63, 3.8) is 0 Å². The third-order valence-electron chi connectivity index (χ3n) is 4.80. The predicted molar refractivity (Wildman–Crippen MR) is 126 cm³/mol.